The molecule has 0 atom stereocenters. The Morgan fingerprint density at radius 3 is 0.868 bits per heavy atom. The predicted molar refractivity (Wildman–Crippen MR) is 570 cm³/mol. The van der Waals surface area contributed by atoms with E-state index >= 15 is 0 Å². The lowest BCUT2D eigenvalue weighted by Gasteiger charge is -2.16. The minimum absolute atomic E-state index is 0.613. The summed E-state index contributed by atoms with van der Waals surface area (Å²) in [5.41, 5.74) is 30.8. The number of nitrogens with zero attached hydrogens (tertiary/aromatic N) is 8. The van der Waals surface area contributed by atoms with E-state index in [0.29, 0.717) is 34.9 Å². The van der Waals surface area contributed by atoms with Crippen molar-refractivity contribution in [2.24, 2.45) is 0 Å². The number of benzene rings is 20. The molecule has 0 radical (unpaired) electrons. The standard InChI is InChI=1S/2C63H40N4S/c1-6-19-41(20-7-1)48-35-33-45(39-54(48)42-21-8-2-9-22-42)46-34-36-49(55(40-46)63-65-61(43-23-10-3-11-24-43)64-62(66-63)44-25-12-4-13-26-44)51-30-18-32-57-58(51)53-38-37-52-50-29-16-17-31-56(50)67(59(52)60(53)68-57)47-27-14-5-15-28-47;1-6-18-41(19-7-1)49-33-30-45(38-54(49)42-20-8-2-9-21-42)46-31-34-50(56(39-46)63-65-61(43-22-10-3-11-23-43)64-62(66-63)44-24-12-4-13-25-44)47-32-37-58-55(40-47)53-36-35-52-51-28-16-17-29-57(51)67(59(52)60(53)68-58)48-26-14-5-15-27-48/h2*1-40H. The van der Waals surface area contributed by atoms with E-state index in [1.165, 1.54) is 128 Å². The molecule has 0 aliphatic heterocycles. The van der Waals surface area contributed by atoms with E-state index in [0.717, 1.165) is 89.3 Å². The van der Waals surface area contributed by atoms with Crippen LogP contribution < -0.4 is 0 Å². The monoisotopic (exact) mass is 1770 g/mol. The van der Waals surface area contributed by atoms with Gasteiger partial charge >= 0.3 is 0 Å². The molecule has 6 aromatic heterocycles. The fourth-order valence-electron chi connectivity index (χ4n) is 19.8. The van der Waals surface area contributed by atoms with Crippen LogP contribution in [0.25, 0.3) is 253 Å². The molecular weight excluding hydrogens is 1690 g/mol. The molecular formula is C126H80N8S2. The second-order valence-corrected chi connectivity index (χ2v) is 36.3. The molecule has 0 saturated carbocycles. The highest BCUT2D eigenvalue weighted by molar-refractivity contribution is 7.27. The zero-order chi connectivity index (χ0) is 89.9. The van der Waals surface area contributed by atoms with Crippen LogP contribution in [0.4, 0.5) is 0 Å². The van der Waals surface area contributed by atoms with Crippen LogP contribution in [0.1, 0.15) is 0 Å². The molecule has 0 spiro atoms. The molecule has 0 N–H and O–H groups in total. The van der Waals surface area contributed by atoms with E-state index in [9.17, 15) is 0 Å². The predicted octanol–water partition coefficient (Wildman–Crippen LogP) is 34.0. The Morgan fingerprint density at radius 2 is 0.456 bits per heavy atom. The fourth-order valence-corrected chi connectivity index (χ4v) is 22.2. The van der Waals surface area contributed by atoms with Gasteiger partial charge in [0.1, 0.15) is 0 Å². The summed E-state index contributed by atoms with van der Waals surface area (Å²) in [6.07, 6.45) is 0. The Labute approximate surface area is 793 Å². The minimum atomic E-state index is 0.613. The molecule has 26 rings (SSSR count). The highest BCUT2D eigenvalue weighted by Gasteiger charge is 2.27. The van der Waals surface area contributed by atoms with Crippen molar-refractivity contribution >= 4 is 107 Å². The van der Waals surface area contributed by atoms with Gasteiger partial charge in [0.05, 0.1) is 31.5 Å². The summed E-state index contributed by atoms with van der Waals surface area (Å²) in [6.45, 7) is 0. The molecule has 26 aromatic rings. The van der Waals surface area contributed by atoms with Gasteiger partial charge in [-0.05, 0) is 168 Å². The summed E-state index contributed by atoms with van der Waals surface area (Å²) < 4.78 is 9.87. The third-order valence-corrected chi connectivity index (χ3v) is 28.5. The molecule has 0 saturated heterocycles. The smallest absolute Gasteiger partial charge is 0.164 e. The molecule has 20 aromatic carbocycles. The fraction of sp³-hybridized carbons (Fsp3) is 0. The lowest BCUT2D eigenvalue weighted by molar-refractivity contribution is 1.07. The summed E-state index contributed by atoms with van der Waals surface area (Å²) in [6, 6.07) is 173. The maximum atomic E-state index is 5.36. The SMILES string of the molecule is c1ccc(-c2nc(-c3ccccc3)nc(-c3cc(-c4ccc(-c5ccccc5)c(-c5ccccc5)c4)ccc3-c3ccc4sc5c(ccc6c7ccccc7n(-c7ccccc7)c65)c4c3)n2)cc1.c1ccc(-c2nc(-c3ccccc3)nc(-c3cc(-c4ccc(-c5ccccc5)c(-c5ccccc5)c4)ccc3-c3cccc4sc5c(ccc6c7ccccc7n(-c7ccccc7)c65)c34)n2)cc1. The first kappa shape index (κ1) is 80.5. The average molecular weight is 1770 g/mol. The van der Waals surface area contributed by atoms with Crippen LogP contribution >= 0.6 is 22.7 Å². The largest absolute Gasteiger partial charge is 0.308 e. The van der Waals surface area contributed by atoms with Gasteiger partial charge in [-0.3, -0.25) is 0 Å². The Hall–Kier alpha value is -17.5. The molecule has 0 bridgehead atoms. The van der Waals surface area contributed by atoms with Gasteiger partial charge in [-0.15, -0.1) is 22.7 Å². The van der Waals surface area contributed by atoms with Gasteiger partial charge in [0.2, 0.25) is 0 Å². The highest BCUT2D eigenvalue weighted by atomic mass is 32.1. The first-order chi connectivity index (χ1) is 67.4. The van der Waals surface area contributed by atoms with Gasteiger partial charge in [-0.1, -0.05) is 406 Å². The second-order valence-electron chi connectivity index (χ2n) is 34.2. The van der Waals surface area contributed by atoms with Gasteiger partial charge in [0.25, 0.3) is 0 Å². The van der Waals surface area contributed by atoms with Gasteiger partial charge < -0.3 is 9.13 Å². The van der Waals surface area contributed by atoms with Crippen LogP contribution in [-0.2, 0) is 0 Å². The molecule has 0 fully saturated rings. The van der Waals surface area contributed by atoms with Gasteiger partial charge in [0.15, 0.2) is 34.9 Å². The quantitative estimate of drug-likeness (QED) is 0.0958. The molecule has 8 nitrogen and oxygen atoms in total. The van der Waals surface area contributed by atoms with Crippen LogP contribution in [0, 0.1) is 0 Å². The topological polar surface area (TPSA) is 87.2 Å². The third-order valence-electron chi connectivity index (χ3n) is 26.2. The van der Waals surface area contributed by atoms with E-state index in [1.54, 1.807) is 0 Å². The van der Waals surface area contributed by atoms with Crippen LogP contribution in [0.2, 0.25) is 0 Å². The van der Waals surface area contributed by atoms with Crippen molar-refractivity contribution in [3.05, 3.63) is 485 Å². The van der Waals surface area contributed by atoms with E-state index in [-0.39, 0.29) is 0 Å². The number of para-hydroxylation sites is 4. The molecule has 6 heterocycles. The Bertz CT molecular complexity index is 8930. The second kappa shape index (κ2) is 34.6. The van der Waals surface area contributed by atoms with Crippen LogP contribution in [-0.4, -0.2) is 39.0 Å². The number of fused-ring (bicyclic) bond motifs is 14. The first-order valence-electron chi connectivity index (χ1n) is 45.9. The molecule has 0 amide bonds. The van der Waals surface area contributed by atoms with Crippen molar-refractivity contribution in [2.75, 3.05) is 0 Å². The number of rotatable bonds is 16. The van der Waals surface area contributed by atoms with Crippen molar-refractivity contribution in [3.8, 4) is 169 Å². The summed E-state index contributed by atoms with van der Waals surface area (Å²) in [7, 11) is 0. The molecule has 0 unspecified atom stereocenters. The van der Waals surface area contributed by atoms with Gasteiger partial charge in [-0.25, -0.2) is 29.9 Å². The Balaban J connectivity index is 0.000000145. The van der Waals surface area contributed by atoms with Gasteiger partial charge in [-0.2, -0.15) is 0 Å². The van der Waals surface area contributed by atoms with Crippen molar-refractivity contribution in [2.45, 2.75) is 0 Å². The van der Waals surface area contributed by atoms with Crippen molar-refractivity contribution in [1.82, 2.24) is 39.0 Å². The number of hydrogen-bond acceptors (Lipinski definition) is 8. The highest BCUT2D eigenvalue weighted by Crippen LogP contribution is 2.51. The maximum Gasteiger partial charge on any atom is 0.164 e. The molecule has 636 valence electrons. The lowest BCUT2D eigenvalue weighted by Crippen LogP contribution is -2.01. The molecule has 0 aliphatic rings. The van der Waals surface area contributed by atoms with E-state index < -0.39 is 0 Å². The molecule has 0 aliphatic carbocycles. The van der Waals surface area contributed by atoms with Crippen LogP contribution in [0.15, 0.2) is 485 Å². The van der Waals surface area contributed by atoms with Crippen molar-refractivity contribution < 1.29 is 0 Å². The first-order valence-corrected chi connectivity index (χ1v) is 47.5. The minimum Gasteiger partial charge on any atom is -0.308 e. The summed E-state index contributed by atoms with van der Waals surface area (Å²) in [5.74, 6) is 3.73. The van der Waals surface area contributed by atoms with E-state index in [4.69, 9.17) is 29.9 Å². The third kappa shape index (κ3) is 14.7. The maximum absolute atomic E-state index is 5.36. The zero-order valence-corrected chi connectivity index (χ0v) is 75.2. The normalized spacial score (nSPS) is 11.5. The summed E-state index contributed by atoms with van der Waals surface area (Å²) in [4.78, 5) is 31.5. The van der Waals surface area contributed by atoms with Gasteiger partial charge in [0, 0.05) is 97.2 Å². The number of thiophene rings is 2. The number of aromatic nitrogens is 8. The Morgan fingerprint density at radius 1 is 0.154 bits per heavy atom. The van der Waals surface area contributed by atoms with E-state index in [2.05, 4.69) is 422 Å². The molecule has 136 heavy (non-hydrogen) atoms. The van der Waals surface area contributed by atoms with Crippen LogP contribution in [0.3, 0.4) is 0 Å². The summed E-state index contributed by atoms with van der Waals surface area (Å²) >= 11 is 3.73. The zero-order valence-electron chi connectivity index (χ0n) is 73.6. The Kier molecular flexibility index (Phi) is 20.5. The lowest BCUT2D eigenvalue weighted by atomic mass is 9.89. The van der Waals surface area contributed by atoms with E-state index in [1.807, 2.05) is 95.5 Å². The molecule has 10 heteroatoms. The summed E-state index contributed by atoms with van der Waals surface area (Å²) in [5, 5.41) is 9.90. The van der Waals surface area contributed by atoms with Crippen molar-refractivity contribution in [1.29, 1.82) is 0 Å². The number of hydrogen-bond donors (Lipinski definition) is 0. The average Bonchev–Trinajstić information content (AvgIpc) is 1.56. The van der Waals surface area contributed by atoms with Crippen LogP contribution in [0.5, 0.6) is 0 Å². The van der Waals surface area contributed by atoms with Crippen molar-refractivity contribution in [3.63, 3.8) is 0 Å².